The van der Waals surface area contributed by atoms with Gasteiger partial charge in [-0.05, 0) is 104 Å². The molecular formula is C42H54BClN4O4. The summed E-state index contributed by atoms with van der Waals surface area (Å²) < 4.78 is 15.1. The summed E-state index contributed by atoms with van der Waals surface area (Å²) >= 11 is 7.00. The van der Waals surface area contributed by atoms with E-state index in [2.05, 4.69) is 85.4 Å². The quantitative estimate of drug-likeness (QED) is 0.144. The van der Waals surface area contributed by atoms with E-state index in [4.69, 9.17) is 20.9 Å². The predicted octanol–water partition coefficient (Wildman–Crippen LogP) is 8.42. The SMILES string of the molecule is C=CC[C@H](NC(=O)[C@@H]1C[C@@H](CCCc2cccc3ccccc23)c2c(Cl)nc(NCC3CCCCC3)c(=O)n21)B1OC2CC3CC(C3(C)C)[C@@]2(C)O1. The molecule has 2 aromatic carbocycles. The number of halogens is 1. The average molecular weight is 725 g/mol. The van der Waals surface area contributed by atoms with Crippen LogP contribution in [0.25, 0.3) is 10.8 Å². The molecule has 9 rings (SSSR count). The molecule has 1 aromatic heterocycles. The Labute approximate surface area is 313 Å². The average Bonchev–Trinajstić information content (AvgIpc) is 3.71. The number of fused-ring (bicyclic) bond motifs is 2. The van der Waals surface area contributed by atoms with Gasteiger partial charge in [0.25, 0.3) is 5.56 Å². The van der Waals surface area contributed by atoms with Crippen LogP contribution in [0.5, 0.6) is 0 Å². The highest BCUT2D eigenvalue weighted by Crippen LogP contribution is 2.65. The van der Waals surface area contributed by atoms with E-state index in [-0.39, 0.29) is 34.7 Å². The second-order valence-electron chi connectivity index (χ2n) is 17.2. The number of nitrogens with zero attached hydrogens (tertiary/aromatic N) is 2. The standard InChI is InChI=1S/C42H54BClN4O4/c1-5-13-35(43-51-34-24-30-23-33(41(30,2)3)42(34,4)52-43)46-39(49)32-22-29(20-12-19-28-18-11-17-27-16-9-10-21-31(27)28)36-37(44)47-38(40(50)48(32)36)45-25-26-14-7-6-8-15-26/h5,9-11,16-18,21,26,29-30,32-35H,1,6-8,12-15,19-20,22-25H2,2-4H3,(H,45,47)(H,46,49)/t29-,30?,32+,33?,34?,35+,42-/m1/s1. The molecule has 4 aliphatic carbocycles. The van der Waals surface area contributed by atoms with Gasteiger partial charge in [-0.25, -0.2) is 4.98 Å². The van der Waals surface area contributed by atoms with E-state index in [0.29, 0.717) is 48.0 Å². The van der Waals surface area contributed by atoms with E-state index in [1.807, 2.05) is 6.08 Å². The third-order valence-corrected chi connectivity index (χ3v) is 14.1. The van der Waals surface area contributed by atoms with E-state index in [0.717, 1.165) is 44.9 Å². The number of hydrogen-bond donors (Lipinski definition) is 2. The zero-order valence-electron chi connectivity index (χ0n) is 31.0. The van der Waals surface area contributed by atoms with Gasteiger partial charge in [0.05, 0.1) is 23.3 Å². The molecule has 4 saturated carbocycles. The van der Waals surface area contributed by atoms with Crippen molar-refractivity contribution in [2.45, 2.75) is 127 Å². The van der Waals surface area contributed by atoms with Gasteiger partial charge < -0.3 is 19.9 Å². The van der Waals surface area contributed by atoms with Gasteiger partial charge in [0, 0.05) is 12.5 Å². The molecule has 10 heteroatoms. The summed E-state index contributed by atoms with van der Waals surface area (Å²) in [5, 5.41) is 9.43. The minimum atomic E-state index is -0.723. The molecule has 276 valence electrons. The molecule has 0 spiro atoms. The highest BCUT2D eigenvalue weighted by molar-refractivity contribution is 6.48. The Kier molecular flexibility index (Phi) is 9.84. The van der Waals surface area contributed by atoms with Crippen molar-refractivity contribution in [2.24, 2.45) is 23.2 Å². The van der Waals surface area contributed by atoms with Crippen LogP contribution in [0.3, 0.4) is 0 Å². The number of aromatic nitrogens is 2. The molecule has 5 fully saturated rings. The van der Waals surface area contributed by atoms with Gasteiger partial charge in [0.15, 0.2) is 11.0 Å². The van der Waals surface area contributed by atoms with Gasteiger partial charge in [-0.3, -0.25) is 14.2 Å². The molecule has 0 radical (unpaired) electrons. The molecule has 2 bridgehead atoms. The first-order chi connectivity index (χ1) is 25.1. The highest BCUT2D eigenvalue weighted by atomic mass is 35.5. The van der Waals surface area contributed by atoms with Crippen LogP contribution in [0.15, 0.2) is 59.9 Å². The van der Waals surface area contributed by atoms with Crippen LogP contribution < -0.4 is 16.2 Å². The van der Waals surface area contributed by atoms with Gasteiger partial charge in [-0.15, -0.1) is 6.58 Å². The highest BCUT2D eigenvalue weighted by Gasteiger charge is 2.68. The van der Waals surface area contributed by atoms with Crippen LogP contribution in [-0.4, -0.2) is 46.8 Å². The van der Waals surface area contributed by atoms with Crippen molar-refractivity contribution in [2.75, 3.05) is 11.9 Å². The number of carbonyl (C=O) groups is 1. The third kappa shape index (κ3) is 6.32. The maximum atomic E-state index is 14.5. The number of aryl methyl sites for hydroxylation is 1. The molecule has 8 nitrogen and oxygen atoms in total. The van der Waals surface area contributed by atoms with Gasteiger partial charge in [-0.1, -0.05) is 93.3 Å². The summed E-state index contributed by atoms with van der Waals surface area (Å²) in [5.41, 5.74) is 1.52. The zero-order valence-corrected chi connectivity index (χ0v) is 31.8. The number of nitrogens with one attached hydrogen (secondary N) is 2. The molecule has 3 aromatic rings. The van der Waals surface area contributed by atoms with Gasteiger partial charge in [-0.2, -0.15) is 0 Å². The minimum Gasteiger partial charge on any atom is -0.404 e. The van der Waals surface area contributed by atoms with E-state index in [9.17, 15) is 9.59 Å². The Hall–Kier alpha value is -3.14. The van der Waals surface area contributed by atoms with Crippen molar-refractivity contribution >= 4 is 41.2 Å². The third-order valence-electron chi connectivity index (χ3n) is 13.8. The van der Waals surface area contributed by atoms with Gasteiger partial charge in [0.1, 0.15) is 6.04 Å². The molecular weight excluding hydrogens is 671 g/mol. The van der Waals surface area contributed by atoms with Crippen molar-refractivity contribution in [1.82, 2.24) is 14.9 Å². The van der Waals surface area contributed by atoms with E-state index < -0.39 is 24.7 Å². The normalized spacial score (nSPS) is 29.6. The number of carbonyl (C=O) groups excluding carboxylic acids is 1. The van der Waals surface area contributed by atoms with Crippen LogP contribution in [0.4, 0.5) is 5.82 Å². The molecule has 52 heavy (non-hydrogen) atoms. The maximum absolute atomic E-state index is 14.5. The fraction of sp³-hybridized carbons (Fsp3) is 0.595. The second kappa shape index (κ2) is 14.3. The van der Waals surface area contributed by atoms with Crippen LogP contribution >= 0.6 is 11.6 Å². The first-order valence-electron chi connectivity index (χ1n) is 19.9. The summed E-state index contributed by atoms with van der Waals surface area (Å²) in [4.78, 5) is 33.4. The lowest BCUT2D eigenvalue weighted by atomic mass is 9.43. The lowest BCUT2D eigenvalue weighted by Crippen LogP contribution is -2.65. The Morgan fingerprint density at radius 1 is 1.12 bits per heavy atom. The van der Waals surface area contributed by atoms with Gasteiger partial charge in [0.2, 0.25) is 5.91 Å². The topological polar surface area (TPSA) is 94.5 Å². The summed E-state index contributed by atoms with van der Waals surface area (Å²) in [7, 11) is -0.588. The molecule has 1 amide bonds. The maximum Gasteiger partial charge on any atom is 0.482 e. The van der Waals surface area contributed by atoms with Crippen molar-refractivity contribution in [3.63, 3.8) is 0 Å². The number of benzene rings is 2. The van der Waals surface area contributed by atoms with E-state index in [1.54, 1.807) is 4.57 Å². The number of amides is 1. The molecule has 3 heterocycles. The minimum absolute atomic E-state index is 0.00196. The number of rotatable bonds is 12. The molecule has 1 saturated heterocycles. The Balaban J connectivity index is 1.04. The van der Waals surface area contributed by atoms with Crippen molar-refractivity contribution in [3.05, 3.63) is 81.9 Å². The zero-order chi connectivity index (χ0) is 36.2. The van der Waals surface area contributed by atoms with Crippen molar-refractivity contribution in [3.8, 4) is 0 Å². The van der Waals surface area contributed by atoms with Crippen LogP contribution in [0.1, 0.15) is 115 Å². The summed E-state index contributed by atoms with van der Waals surface area (Å²) in [6.07, 6.45) is 13.5. The largest absolute Gasteiger partial charge is 0.482 e. The smallest absolute Gasteiger partial charge is 0.404 e. The van der Waals surface area contributed by atoms with E-state index in [1.165, 1.54) is 35.6 Å². The lowest BCUT2D eigenvalue weighted by Gasteiger charge is -2.64. The van der Waals surface area contributed by atoms with Crippen LogP contribution in [0, 0.1) is 23.2 Å². The van der Waals surface area contributed by atoms with Crippen molar-refractivity contribution < 1.29 is 14.1 Å². The van der Waals surface area contributed by atoms with Crippen LogP contribution in [0.2, 0.25) is 5.15 Å². The fourth-order valence-electron chi connectivity index (χ4n) is 10.7. The fourth-order valence-corrected chi connectivity index (χ4v) is 11.1. The molecule has 2 aliphatic heterocycles. The predicted molar refractivity (Wildman–Crippen MR) is 209 cm³/mol. The monoisotopic (exact) mass is 724 g/mol. The first kappa shape index (κ1) is 35.9. The van der Waals surface area contributed by atoms with Crippen LogP contribution in [-0.2, 0) is 20.5 Å². The number of hydrogen-bond acceptors (Lipinski definition) is 6. The summed E-state index contributed by atoms with van der Waals surface area (Å²) in [6, 6.07) is 14.2. The van der Waals surface area contributed by atoms with Crippen molar-refractivity contribution in [1.29, 1.82) is 0 Å². The first-order valence-corrected chi connectivity index (χ1v) is 20.2. The lowest BCUT2D eigenvalue weighted by molar-refractivity contribution is -0.199. The summed E-state index contributed by atoms with van der Waals surface area (Å²) in [5.74, 6) is 1.04. The molecule has 2 N–H and O–H groups in total. The molecule has 7 atom stereocenters. The summed E-state index contributed by atoms with van der Waals surface area (Å²) in [6.45, 7) is 11.6. The molecule has 3 unspecified atom stereocenters. The Bertz CT molecular complexity index is 1890. The van der Waals surface area contributed by atoms with Gasteiger partial charge >= 0.3 is 7.12 Å². The Morgan fingerprint density at radius 2 is 1.90 bits per heavy atom. The second-order valence-corrected chi connectivity index (χ2v) is 17.5. The molecule has 6 aliphatic rings. The Morgan fingerprint density at radius 3 is 2.69 bits per heavy atom. The number of anilines is 1. The van der Waals surface area contributed by atoms with E-state index >= 15 is 0 Å².